The number of thiazole rings is 1. The highest BCUT2D eigenvalue weighted by Crippen LogP contribution is 2.34. The number of anilines is 1. The number of thiophene rings is 1. The molecule has 2 N–H and O–H groups in total. The van der Waals surface area contributed by atoms with Gasteiger partial charge in [-0.1, -0.05) is 13.3 Å². The van der Waals surface area contributed by atoms with Gasteiger partial charge in [-0.2, -0.15) is 0 Å². The maximum Gasteiger partial charge on any atom is 0.152 e. The van der Waals surface area contributed by atoms with Gasteiger partial charge in [0.25, 0.3) is 0 Å². The number of fused-ring (bicyclic) bond motifs is 3. The fraction of sp³-hybridized carbons (Fsp3) is 0.407. The molecule has 9 heteroatoms. The number of nitrogens with zero attached hydrogens (tertiary/aromatic N) is 6. The highest BCUT2D eigenvalue weighted by atomic mass is 32.1. The Morgan fingerprint density at radius 3 is 2.72 bits per heavy atom. The van der Waals surface area contributed by atoms with Crippen molar-refractivity contribution in [3.8, 4) is 0 Å². The van der Waals surface area contributed by atoms with E-state index >= 15 is 0 Å². The van der Waals surface area contributed by atoms with Gasteiger partial charge in [0.05, 0.1) is 22.3 Å². The lowest BCUT2D eigenvalue weighted by Gasteiger charge is -2.31. The summed E-state index contributed by atoms with van der Waals surface area (Å²) in [5, 5.41) is 3.20. The summed E-state index contributed by atoms with van der Waals surface area (Å²) in [7, 11) is 0. The highest BCUT2D eigenvalue weighted by molar-refractivity contribution is 7.18. The summed E-state index contributed by atoms with van der Waals surface area (Å²) in [5.41, 5.74) is 10.6. The summed E-state index contributed by atoms with van der Waals surface area (Å²) in [6.45, 7) is 6.15. The first-order chi connectivity index (χ1) is 17.7. The van der Waals surface area contributed by atoms with Crippen LogP contribution >= 0.6 is 22.7 Å². The molecule has 0 aliphatic carbocycles. The molecule has 6 heterocycles. The molecule has 0 radical (unpaired) electrons. The van der Waals surface area contributed by atoms with Crippen LogP contribution in [0.5, 0.6) is 0 Å². The van der Waals surface area contributed by atoms with Crippen LogP contribution in [0, 0.1) is 0 Å². The topological polar surface area (TPSA) is 85.8 Å². The standard InChI is InChI=1S/C27H31N7S2/c1-2-3-4-22-32-24-25(26-21(9-14-35-26)31-27(24)28)34(22)17-23-30-15-20(36-23)16-33-12-7-19(8-13-33)18-5-10-29-11-6-18/h5-6,9-11,14-15,19H,2-4,7-8,12-13,16-17H2,1H3,(H2,28,31). The molecule has 0 atom stereocenters. The number of nitrogens with two attached hydrogens (primary N) is 1. The zero-order chi connectivity index (χ0) is 24.5. The van der Waals surface area contributed by atoms with Crippen LogP contribution in [-0.4, -0.2) is 42.5 Å². The molecule has 5 aromatic rings. The average molecular weight is 518 g/mol. The van der Waals surface area contributed by atoms with Crippen molar-refractivity contribution in [3.63, 3.8) is 0 Å². The predicted molar refractivity (Wildman–Crippen MR) is 149 cm³/mol. The maximum atomic E-state index is 6.34. The van der Waals surface area contributed by atoms with Crippen LogP contribution in [0.15, 0.2) is 42.2 Å². The Bertz CT molecular complexity index is 1460. The minimum Gasteiger partial charge on any atom is -0.382 e. The molecule has 0 spiro atoms. The summed E-state index contributed by atoms with van der Waals surface area (Å²) in [5.74, 6) is 2.24. The number of rotatable bonds is 8. The zero-order valence-corrected chi connectivity index (χ0v) is 22.2. The third-order valence-electron chi connectivity index (χ3n) is 7.18. The third kappa shape index (κ3) is 4.63. The molecule has 1 aliphatic rings. The molecule has 5 aromatic heterocycles. The smallest absolute Gasteiger partial charge is 0.152 e. The molecular weight excluding hydrogens is 486 g/mol. The van der Waals surface area contributed by atoms with E-state index in [1.54, 1.807) is 11.3 Å². The number of likely N-dealkylation sites (tertiary alicyclic amines) is 1. The number of hydrogen-bond acceptors (Lipinski definition) is 8. The van der Waals surface area contributed by atoms with E-state index in [4.69, 9.17) is 15.7 Å². The van der Waals surface area contributed by atoms with Crippen LogP contribution < -0.4 is 5.73 Å². The number of aryl methyl sites for hydroxylation is 1. The van der Waals surface area contributed by atoms with Crippen molar-refractivity contribution in [2.24, 2.45) is 0 Å². The second-order valence-electron chi connectivity index (χ2n) is 9.60. The molecular formula is C27H31N7S2. The first kappa shape index (κ1) is 23.5. The minimum absolute atomic E-state index is 0.516. The van der Waals surface area contributed by atoms with Gasteiger partial charge in [-0.15, -0.1) is 22.7 Å². The predicted octanol–water partition coefficient (Wildman–Crippen LogP) is 5.85. The molecule has 1 fully saturated rings. The van der Waals surface area contributed by atoms with Crippen molar-refractivity contribution >= 4 is 49.7 Å². The van der Waals surface area contributed by atoms with Crippen LogP contribution in [0.4, 0.5) is 5.82 Å². The Morgan fingerprint density at radius 1 is 1.08 bits per heavy atom. The molecule has 0 saturated carbocycles. The maximum absolute atomic E-state index is 6.34. The van der Waals surface area contributed by atoms with Gasteiger partial charge in [0.2, 0.25) is 0 Å². The van der Waals surface area contributed by atoms with Gasteiger partial charge in [0, 0.05) is 36.4 Å². The first-order valence-electron chi connectivity index (χ1n) is 12.8. The van der Waals surface area contributed by atoms with E-state index in [-0.39, 0.29) is 0 Å². The van der Waals surface area contributed by atoms with Crippen LogP contribution in [0.1, 0.15) is 59.8 Å². The van der Waals surface area contributed by atoms with Gasteiger partial charge >= 0.3 is 0 Å². The number of imidazole rings is 1. The van der Waals surface area contributed by atoms with Gasteiger partial charge in [-0.3, -0.25) is 9.88 Å². The summed E-state index contributed by atoms with van der Waals surface area (Å²) in [6.07, 6.45) is 11.4. The Kier molecular flexibility index (Phi) is 6.69. The summed E-state index contributed by atoms with van der Waals surface area (Å²) in [6, 6.07) is 6.37. The fourth-order valence-corrected chi connectivity index (χ4v) is 7.10. The number of piperidine rings is 1. The van der Waals surface area contributed by atoms with Crippen molar-refractivity contribution in [2.45, 2.75) is 58.0 Å². The van der Waals surface area contributed by atoms with Crippen LogP contribution in [-0.2, 0) is 19.5 Å². The molecule has 1 saturated heterocycles. The zero-order valence-electron chi connectivity index (χ0n) is 20.6. The molecule has 1 aliphatic heterocycles. The fourth-order valence-electron chi connectivity index (χ4n) is 5.26. The Labute approximate surface area is 219 Å². The van der Waals surface area contributed by atoms with E-state index in [9.17, 15) is 0 Å². The van der Waals surface area contributed by atoms with Gasteiger partial charge in [-0.05, 0) is 67.4 Å². The van der Waals surface area contributed by atoms with Crippen molar-refractivity contribution in [1.29, 1.82) is 0 Å². The number of unbranched alkanes of at least 4 members (excludes halogenated alkanes) is 1. The van der Waals surface area contributed by atoms with Crippen molar-refractivity contribution in [1.82, 2.24) is 29.4 Å². The minimum atomic E-state index is 0.516. The molecule has 0 aromatic carbocycles. The molecule has 0 amide bonds. The lowest BCUT2D eigenvalue weighted by atomic mass is 9.90. The molecule has 7 nitrogen and oxygen atoms in total. The monoisotopic (exact) mass is 517 g/mol. The summed E-state index contributed by atoms with van der Waals surface area (Å²) < 4.78 is 3.49. The first-order valence-corrected chi connectivity index (χ1v) is 14.5. The van der Waals surface area contributed by atoms with Crippen molar-refractivity contribution in [2.75, 3.05) is 18.8 Å². The molecule has 6 rings (SSSR count). The molecule has 186 valence electrons. The normalized spacial score (nSPS) is 15.4. The molecule has 0 bridgehead atoms. The van der Waals surface area contributed by atoms with Crippen molar-refractivity contribution in [3.05, 3.63) is 63.4 Å². The Balaban J connectivity index is 1.20. The van der Waals surface area contributed by atoms with Gasteiger partial charge < -0.3 is 10.3 Å². The highest BCUT2D eigenvalue weighted by Gasteiger charge is 2.22. The summed E-state index contributed by atoms with van der Waals surface area (Å²) >= 11 is 3.53. The Morgan fingerprint density at radius 2 is 1.92 bits per heavy atom. The summed E-state index contributed by atoms with van der Waals surface area (Å²) in [4.78, 5) is 22.4. The van der Waals surface area contributed by atoms with E-state index in [0.717, 1.165) is 77.5 Å². The Hall–Kier alpha value is -2.88. The van der Waals surface area contributed by atoms with Crippen molar-refractivity contribution < 1.29 is 0 Å². The number of aromatic nitrogens is 5. The second-order valence-corrected chi connectivity index (χ2v) is 11.7. The van der Waals surface area contributed by atoms with E-state index in [2.05, 4.69) is 50.1 Å². The van der Waals surface area contributed by atoms with Gasteiger partial charge in [0.1, 0.15) is 16.3 Å². The van der Waals surface area contributed by atoms with Crippen LogP contribution in [0.3, 0.4) is 0 Å². The van der Waals surface area contributed by atoms with E-state index < -0.39 is 0 Å². The molecule has 0 unspecified atom stereocenters. The second kappa shape index (κ2) is 10.2. The number of hydrogen-bond donors (Lipinski definition) is 1. The van der Waals surface area contributed by atoms with E-state index in [1.165, 1.54) is 23.3 Å². The lowest BCUT2D eigenvalue weighted by molar-refractivity contribution is 0.206. The van der Waals surface area contributed by atoms with E-state index in [1.807, 2.05) is 29.8 Å². The van der Waals surface area contributed by atoms with Crippen LogP contribution in [0.2, 0.25) is 0 Å². The number of nitrogen functional groups attached to an aromatic ring is 1. The van der Waals surface area contributed by atoms with Crippen LogP contribution in [0.25, 0.3) is 21.3 Å². The largest absolute Gasteiger partial charge is 0.382 e. The quantitative estimate of drug-likeness (QED) is 0.278. The SMILES string of the molecule is CCCCc1nc2c(N)nc3ccsc3c2n1Cc1ncc(CN2CCC(c3ccncc3)CC2)s1. The van der Waals surface area contributed by atoms with E-state index in [0.29, 0.717) is 11.7 Å². The lowest BCUT2D eigenvalue weighted by Crippen LogP contribution is -2.32. The average Bonchev–Trinajstić information content (AvgIpc) is 3.63. The number of pyridine rings is 2. The third-order valence-corrected chi connectivity index (χ3v) is 9.06. The van der Waals surface area contributed by atoms with Gasteiger partial charge in [0.15, 0.2) is 5.82 Å². The molecule has 36 heavy (non-hydrogen) atoms. The van der Waals surface area contributed by atoms with Gasteiger partial charge in [-0.25, -0.2) is 15.0 Å².